The van der Waals surface area contributed by atoms with Gasteiger partial charge < -0.3 is 16.8 Å². The molecule has 1 aromatic rings. The summed E-state index contributed by atoms with van der Waals surface area (Å²) in [7, 11) is 0. The first-order valence-electron chi connectivity index (χ1n) is 5.50. The first-order chi connectivity index (χ1) is 8.04. The van der Waals surface area contributed by atoms with E-state index in [1.54, 1.807) is 18.2 Å². The molecule has 0 spiro atoms. The van der Waals surface area contributed by atoms with Crippen LogP contribution in [0.3, 0.4) is 0 Å². The van der Waals surface area contributed by atoms with Gasteiger partial charge in [0.1, 0.15) is 0 Å². The molecule has 0 fully saturated rings. The van der Waals surface area contributed by atoms with Gasteiger partial charge in [0.25, 0.3) is 5.91 Å². The molecule has 1 rings (SSSR count). The Labute approximate surface area is 106 Å². The summed E-state index contributed by atoms with van der Waals surface area (Å²) in [4.78, 5) is 11.2. The van der Waals surface area contributed by atoms with Gasteiger partial charge in [-0.1, -0.05) is 6.92 Å². The molecule has 0 saturated heterocycles. The fourth-order valence-corrected chi connectivity index (χ4v) is 1.80. The zero-order valence-electron chi connectivity index (χ0n) is 10.2. The summed E-state index contributed by atoms with van der Waals surface area (Å²) >= 11 is 1.82. The third kappa shape index (κ3) is 4.19. The molecule has 0 saturated carbocycles. The van der Waals surface area contributed by atoms with Crippen molar-refractivity contribution in [3.05, 3.63) is 23.8 Å². The minimum Gasteiger partial charge on any atom is -0.399 e. The van der Waals surface area contributed by atoms with Gasteiger partial charge in [-0.15, -0.1) is 0 Å². The summed E-state index contributed by atoms with van der Waals surface area (Å²) < 4.78 is 0. The lowest BCUT2D eigenvalue weighted by atomic mass is 10.1. The van der Waals surface area contributed by atoms with Gasteiger partial charge in [-0.3, -0.25) is 4.79 Å². The van der Waals surface area contributed by atoms with Crippen LogP contribution < -0.4 is 16.8 Å². The van der Waals surface area contributed by atoms with E-state index >= 15 is 0 Å². The molecule has 17 heavy (non-hydrogen) atoms. The number of nitrogens with one attached hydrogen (secondary N) is 1. The Morgan fingerprint density at radius 2 is 2.24 bits per heavy atom. The Balaban J connectivity index is 2.68. The summed E-state index contributed by atoms with van der Waals surface area (Å²) in [5.74, 6) is -0.439. The van der Waals surface area contributed by atoms with Crippen LogP contribution in [0.2, 0.25) is 0 Å². The number of hydrogen-bond donors (Lipinski definition) is 3. The largest absolute Gasteiger partial charge is 0.399 e. The highest BCUT2D eigenvalue weighted by molar-refractivity contribution is 7.99. The van der Waals surface area contributed by atoms with Gasteiger partial charge >= 0.3 is 0 Å². The Morgan fingerprint density at radius 1 is 1.53 bits per heavy atom. The van der Waals surface area contributed by atoms with Crippen molar-refractivity contribution in [3.63, 3.8) is 0 Å². The lowest BCUT2D eigenvalue weighted by Gasteiger charge is -2.13. The van der Waals surface area contributed by atoms with E-state index in [2.05, 4.69) is 18.5 Å². The molecular weight excluding hydrogens is 234 g/mol. The van der Waals surface area contributed by atoms with Gasteiger partial charge in [0.05, 0.1) is 5.56 Å². The van der Waals surface area contributed by atoms with E-state index in [1.165, 1.54) is 0 Å². The number of carbonyl (C=O) groups excluding carboxylic acids is 1. The quantitative estimate of drug-likeness (QED) is 0.677. The van der Waals surface area contributed by atoms with Crippen molar-refractivity contribution < 1.29 is 4.79 Å². The molecule has 0 bridgehead atoms. The SMILES string of the molecule is CSC(C)CCNc1cc(N)ccc1C(N)=O. The van der Waals surface area contributed by atoms with Crippen LogP contribution in [0.15, 0.2) is 18.2 Å². The summed E-state index contributed by atoms with van der Waals surface area (Å²) in [6.07, 6.45) is 3.11. The second-order valence-corrected chi connectivity index (χ2v) is 5.21. The number of nitrogens with two attached hydrogens (primary N) is 2. The standard InChI is InChI=1S/C12H19N3OS/c1-8(17-2)5-6-15-11-7-9(13)3-4-10(11)12(14)16/h3-4,7-8,15H,5-6,13H2,1-2H3,(H2,14,16). The molecule has 0 aliphatic carbocycles. The topological polar surface area (TPSA) is 81.1 Å². The van der Waals surface area contributed by atoms with Crippen LogP contribution in [-0.4, -0.2) is 24.0 Å². The molecular formula is C12H19N3OS. The van der Waals surface area contributed by atoms with E-state index in [0.29, 0.717) is 22.2 Å². The van der Waals surface area contributed by atoms with Crippen LogP contribution in [0.4, 0.5) is 11.4 Å². The lowest BCUT2D eigenvalue weighted by Crippen LogP contribution is -2.16. The predicted octanol–water partition coefficient (Wildman–Crippen LogP) is 1.92. The van der Waals surface area contributed by atoms with Crippen molar-refractivity contribution >= 4 is 29.0 Å². The molecule has 0 aliphatic heterocycles. The number of amides is 1. The van der Waals surface area contributed by atoms with E-state index in [4.69, 9.17) is 11.5 Å². The maximum Gasteiger partial charge on any atom is 0.250 e. The van der Waals surface area contributed by atoms with Gasteiger partial charge in [0, 0.05) is 23.2 Å². The highest BCUT2D eigenvalue weighted by atomic mass is 32.2. The minimum atomic E-state index is -0.439. The van der Waals surface area contributed by atoms with Crippen molar-refractivity contribution in [2.45, 2.75) is 18.6 Å². The first kappa shape index (κ1) is 13.7. The molecule has 1 aromatic carbocycles. The fourth-order valence-electron chi connectivity index (χ4n) is 1.45. The summed E-state index contributed by atoms with van der Waals surface area (Å²) in [6.45, 7) is 2.96. The molecule has 0 radical (unpaired) electrons. The molecule has 1 amide bonds. The maximum atomic E-state index is 11.2. The lowest BCUT2D eigenvalue weighted by molar-refractivity contribution is 0.100. The van der Waals surface area contributed by atoms with Crippen molar-refractivity contribution in [2.24, 2.45) is 5.73 Å². The van der Waals surface area contributed by atoms with Gasteiger partial charge in [0.2, 0.25) is 0 Å². The molecule has 0 aromatic heterocycles. The van der Waals surface area contributed by atoms with Crippen LogP contribution >= 0.6 is 11.8 Å². The zero-order valence-corrected chi connectivity index (χ0v) is 11.0. The van der Waals surface area contributed by atoms with Crippen molar-refractivity contribution in [1.82, 2.24) is 0 Å². The van der Waals surface area contributed by atoms with Gasteiger partial charge in [-0.05, 0) is 30.9 Å². The monoisotopic (exact) mass is 253 g/mol. The normalized spacial score (nSPS) is 12.1. The fraction of sp³-hybridized carbons (Fsp3) is 0.417. The third-order valence-electron chi connectivity index (χ3n) is 2.58. The van der Waals surface area contributed by atoms with E-state index in [0.717, 1.165) is 13.0 Å². The number of thioether (sulfide) groups is 1. The smallest absolute Gasteiger partial charge is 0.250 e. The average molecular weight is 253 g/mol. The van der Waals surface area contributed by atoms with E-state index in [1.807, 2.05) is 11.8 Å². The highest BCUT2D eigenvalue weighted by Crippen LogP contribution is 2.19. The number of primary amides is 1. The Hall–Kier alpha value is -1.36. The molecule has 0 heterocycles. The van der Waals surface area contributed by atoms with Crippen molar-refractivity contribution in [2.75, 3.05) is 23.9 Å². The zero-order chi connectivity index (χ0) is 12.8. The van der Waals surface area contributed by atoms with E-state index in [9.17, 15) is 4.79 Å². The first-order valence-corrected chi connectivity index (χ1v) is 6.79. The van der Waals surface area contributed by atoms with Gasteiger partial charge in [-0.25, -0.2) is 0 Å². The molecule has 1 atom stereocenters. The summed E-state index contributed by atoms with van der Waals surface area (Å²) in [5, 5.41) is 3.79. The van der Waals surface area contributed by atoms with Crippen molar-refractivity contribution in [3.8, 4) is 0 Å². The van der Waals surface area contributed by atoms with Crippen LogP contribution in [0.25, 0.3) is 0 Å². The minimum absolute atomic E-state index is 0.439. The number of carbonyl (C=O) groups is 1. The van der Waals surface area contributed by atoms with Crippen LogP contribution in [0.1, 0.15) is 23.7 Å². The molecule has 5 N–H and O–H groups in total. The Kier molecular flexibility index (Phi) is 5.15. The third-order valence-corrected chi connectivity index (χ3v) is 3.62. The number of rotatable bonds is 6. The molecule has 94 valence electrons. The van der Waals surface area contributed by atoms with Crippen LogP contribution in [-0.2, 0) is 0 Å². The summed E-state index contributed by atoms with van der Waals surface area (Å²) in [5.41, 5.74) is 12.8. The number of nitrogen functional groups attached to an aromatic ring is 1. The Morgan fingerprint density at radius 3 is 2.82 bits per heavy atom. The molecule has 4 nitrogen and oxygen atoms in total. The van der Waals surface area contributed by atoms with Crippen LogP contribution in [0.5, 0.6) is 0 Å². The van der Waals surface area contributed by atoms with E-state index < -0.39 is 5.91 Å². The second-order valence-electron chi connectivity index (χ2n) is 3.93. The van der Waals surface area contributed by atoms with Gasteiger partial charge in [-0.2, -0.15) is 11.8 Å². The average Bonchev–Trinajstić information content (AvgIpc) is 2.28. The van der Waals surface area contributed by atoms with Crippen molar-refractivity contribution in [1.29, 1.82) is 0 Å². The maximum absolute atomic E-state index is 11.2. The van der Waals surface area contributed by atoms with E-state index in [-0.39, 0.29) is 0 Å². The molecule has 5 heteroatoms. The molecule has 0 aliphatic rings. The summed E-state index contributed by atoms with van der Waals surface area (Å²) in [6, 6.07) is 5.07. The number of benzene rings is 1. The number of anilines is 2. The number of hydrogen-bond acceptors (Lipinski definition) is 4. The Bertz CT molecular complexity index is 395. The predicted molar refractivity (Wildman–Crippen MR) is 75.5 cm³/mol. The van der Waals surface area contributed by atoms with Crippen LogP contribution in [0, 0.1) is 0 Å². The highest BCUT2D eigenvalue weighted by Gasteiger charge is 2.08. The second kappa shape index (κ2) is 6.39. The van der Waals surface area contributed by atoms with Gasteiger partial charge in [0.15, 0.2) is 0 Å². The molecule has 1 unspecified atom stereocenters.